The number of nitrogens with one attached hydrogen (secondary N) is 1. The fourth-order valence-corrected chi connectivity index (χ4v) is 2.52. The number of carbonyl (C=O) groups excluding carboxylic acids is 2. The van der Waals surface area contributed by atoms with Crippen LogP contribution in [0.25, 0.3) is 0 Å². The van der Waals surface area contributed by atoms with Gasteiger partial charge in [0.2, 0.25) is 0 Å². The first kappa shape index (κ1) is 17.7. The highest BCUT2D eigenvalue weighted by atomic mass is 19.1. The molecular weight excluding hydrogens is 313 g/mol. The summed E-state index contributed by atoms with van der Waals surface area (Å²) in [6.45, 7) is 3.51. The van der Waals surface area contributed by atoms with Crippen LogP contribution in [-0.2, 0) is 23.0 Å². The average Bonchev–Trinajstić information content (AvgIpc) is 2.80. The van der Waals surface area contributed by atoms with Crippen LogP contribution in [0.3, 0.4) is 0 Å². The zero-order valence-electron chi connectivity index (χ0n) is 14.1. The molecule has 128 valence electrons. The van der Waals surface area contributed by atoms with E-state index in [0.717, 1.165) is 0 Å². The first-order valence-corrected chi connectivity index (χ1v) is 7.46. The Morgan fingerprint density at radius 3 is 2.42 bits per heavy atom. The summed E-state index contributed by atoms with van der Waals surface area (Å²) in [4.78, 5) is 24.5. The molecule has 0 aliphatic rings. The molecule has 0 saturated heterocycles. The summed E-state index contributed by atoms with van der Waals surface area (Å²) < 4.78 is 19.4. The summed E-state index contributed by atoms with van der Waals surface area (Å²) in [6, 6.07) is 4.88. The second-order valence-corrected chi connectivity index (χ2v) is 5.55. The van der Waals surface area contributed by atoms with Crippen LogP contribution in [0.2, 0.25) is 0 Å². The molecule has 1 heterocycles. The van der Waals surface area contributed by atoms with Crippen molar-refractivity contribution in [1.29, 1.82) is 0 Å². The maximum Gasteiger partial charge on any atom is 0.328 e. The molecular formula is C17H20FN3O3. The van der Waals surface area contributed by atoms with Gasteiger partial charge in [-0.25, -0.2) is 9.18 Å². The lowest BCUT2D eigenvalue weighted by atomic mass is 10.0. The summed E-state index contributed by atoms with van der Waals surface area (Å²) in [5.41, 5.74) is 2.44. The van der Waals surface area contributed by atoms with Crippen molar-refractivity contribution in [1.82, 2.24) is 15.1 Å². The Morgan fingerprint density at radius 2 is 1.92 bits per heavy atom. The molecule has 2 rings (SSSR count). The number of hydrogen-bond acceptors (Lipinski definition) is 4. The van der Waals surface area contributed by atoms with Gasteiger partial charge >= 0.3 is 5.97 Å². The summed E-state index contributed by atoms with van der Waals surface area (Å²) >= 11 is 0. The number of rotatable bonds is 5. The number of carbonyl (C=O) groups is 2. The van der Waals surface area contributed by atoms with Crippen LogP contribution in [-0.4, -0.2) is 34.8 Å². The third-order valence-electron chi connectivity index (χ3n) is 3.88. The van der Waals surface area contributed by atoms with Crippen LogP contribution in [0.4, 0.5) is 4.39 Å². The van der Waals surface area contributed by atoms with Crippen LogP contribution in [0.15, 0.2) is 24.3 Å². The van der Waals surface area contributed by atoms with E-state index in [4.69, 9.17) is 4.74 Å². The monoisotopic (exact) mass is 333 g/mol. The SMILES string of the molecule is COC(=O)C(Cc1ccc(F)cc1)NC(=O)c1c(C)nn(C)c1C. The standard InChI is InChI=1S/C17H20FN3O3/c1-10-15(11(2)21(3)20-10)16(22)19-14(17(23)24-4)9-12-5-7-13(18)8-6-12/h5-8,14H,9H2,1-4H3,(H,19,22). The third kappa shape index (κ3) is 3.79. The summed E-state index contributed by atoms with van der Waals surface area (Å²) in [5, 5.41) is 6.88. The second-order valence-electron chi connectivity index (χ2n) is 5.55. The lowest BCUT2D eigenvalue weighted by Gasteiger charge is -2.17. The van der Waals surface area contributed by atoms with Gasteiger partial charge in [0.15, 0.2) is 0 Å². The van der Waals surface area contributed by atoms with Gasteiger partial charge in [-0.3, -0.25) is 9.48 Å². The smallest absolute Gasteiger partial charge is 0.328 e. The van der Waals surface area contributed by atoms with E-state index in [0.29, 0.717) is 22.5 Å². The molecule has 1 aromatic carbocycles. The van der Waals surface area contributed by atoms with Crippen molar-refractivity contribution < 1.29 is 18.7 Å². The molecule has 2 aromatic rings. The Morgan fingerprint density at radius 1 is 1.29 bits per heavy atom. The van der Waals surface area contributed by atoms with Crippen molar-refractivity contribution in [2.45, 2.75) is 26.3 Å². The first-order valence-electron chi connectivity index (χ1n) is 7.46. The molecule has 1 amide bonds. The van der Waals surface area contributed by atoms with Gasteiger partial charge in [-0.05, 0) is 31.5 Å². The minimum Gasteiger partial charge on any atom is -0.467 e. The third-order valence-corrected chi connectivity index (χ3v) is 3.88. The quantitative estimate of drug-likeness (QED) is 0.845. The van der Waals surface area contributed by atoms with E-state index in [2.05, 4.69) is 10.4 Å². The predicted molar refractivity (Wildman–Crippen MR) is 86.1 cm³/mol. The van der Waals surface area contributed by atoms with Gasteiger partial charge < -0.3 is 10.1 Å². The molecule has 0 spiro atoms. The molecule has 1 atom stereocenters. The Balaban J connectivity index is 2.21. The van der Waals surface area contributed by atoms with E-state index in [9.17, 15) is 14.0 Å². The Kier molecular flexibility index (Phi) is 5.33. The molecule has 24 heavy (non-hydrogen) atoms. The molecule has 0 fully saturated rings. The van der Waals surface area contributed by atoms with Gasteiger partial charge in [0.25, 0.3) is 5.91 Å². The summed E-state index contributed by atoms with van der Waals surface area (Å²) in [6.07, 6.45) is 0.205. The molecule has 1 N–H and O–H groups in total. The maximum absolute atomic E-state index is 13.0. The molecule has 0 aliphatic heterocycles. The fraction of sp³-hybridized carbons (Fsp3) is 0.353. The van der Waals surface area contributed by atoms with Gasteiger partial charge in [0.05, 0.1) is 18.4 Å². The van der Waals surface area contributed by atoms with Gasteiger partial charge in [-0.15, -0.1) is 0 Å². The van der Waals surface area contributed by atoms with Crippen molar-refractivity contribution >= 4 is 11.9 Å². The van der Waals surface area contributed by atoms with Gasteiger partial charge in [-0.1, -0.05) is 12.1 Å². The zero-order valence-corrected chi connectivity index (χ0v) is 14.1. The normalized spacial score (nSPS) is 11.9. The summed E-state index contributed by atoms with van der Waals surface area (Å²) in [7, 11) is 3.00. The molecule has 0 aliphatic carbocycles. The van der Waals surface area contributed by atoms with E-state index in [1.165, 1.54) is 19.2 Å². The van der Waals surface area contributed by atoms with E-state index >= 15 is 0 Å². The van der Waals surface area contributed by atoms with E-state index in [1.807, 2.05) is 0 Å². The van der Waals surface area contributed by atoms with Gasteiger partial charge in [-0.2, -0.15) is 5.10 Å². The number of esters is 1. The minimum absolute atomic E-state index is 0.205. The van der Waals surface area contributed by atoms with Crippen LogP contribution in [0, 0.1) is 19.7 Å². The van der Waals surface area contributed by atoms with Crippen LogP contribution in [0.5, 0.6) is 0 Å². The number of methoxy groups -OCH3 is 1. The Labute approximate surface area is 139 Å². The fourth-order valence-electron chi connectivity index (χ4n) is 2.52. The largest absolute Gasteiger partial charge is 0.467 e. The Bertz CT molecular complexity index is 753. The molecule has 0 bridgehead atoms. The van der Waals surface area contributed by atoms with Crippen molar-refractivity contribution in [3.63, 3.8) is 0 Å². The maximum atomic E-state index is 13.0. The molecule has 1 unspecified atom stereocenters. The second kappa shape index (κ2) is 7.25. The van der Waals surface area contributed by atoms with E-state index < -0.39 is 17.9 Å². The molecule has 1 aromatic heterocycles. The molecule has 6 nitrogen and oxygen atoms in total. The number of hydrogen-bond donors (Lipinski definition) is 1. The number of amides is 1. The number of aromatic nitrogens is 2. The molecule has 7 heteroatoms. The van der Waals surface area contributed by atoms with Gasteiger partial charge in [0, 0.05) is 19.2 Å². The predicted octanol–water partition coefficient (Wildman–Crippen LogP) is 1.69. The van der Waals surface area contributed by atoms with Crippen molar-refractivity contribution in [3.8, 4) is 0 Å². The van der Waals surface area contributed by atoms with Crippen LogP contribution >= 0.6 is 0 Å². The van der Waals surface area contributed by atoms with E-state index in [1.54, 1.807) is 37.7 Å². The van der Waals surface area contributed by atoms with Crippen molar-refractivity contribution in [2.24, 2.45) is 7.05 Å². The zero-order chi connectivity index (χ0) is 17.9. The number of halogens is 1. The molecule has 0 saturated carbocycles. The lowest BCUT2D eigenvalue weighted by molar-refractivity contribution is -0.142. The highest BCUT2D eigenvalue weighted by molar-refractivity contribution is 5.98. The summed E-state index contributed by atoms with van der Waals surface area (Å²) in [5.74, 6) is -1.32. The van der Waals surface area contributed by atoms with Crippen molar-refractivity contribution in [3.05, 3.63) is 52.6 Å². The molecule has 0 radical (unpaired) electrons. The number of aryl methyl sites for hydroxylation is 2. The lowest BCUT2D eigenvalue weighted by Crippen LogP contribution is -2.43. The average molecular weight is 333 g/mol. The number of benzene rings is 1. The van der Waals surface area contributed by atoms with Crippen LogP contribution < -0.4 is 5.32 Å². The number of nitrogens with zero attached hydrogens (tertiary/aromatic N) is 2. The van der Waals surface area contributed by atoms with Crippen LogP contribution in [0.1, 0.15) is 27.3 Å². The Hall–Kier alpha value is -2.70. The first-order chi connectivity index (χ1) is 11.3. The number of ether oxygens (including phenoxy) is 1. The van der Waals surface area contributed by atoms with E-state index in [-0.39, 0.29) is 12.2 Å². The topological polar surface area (TPSA) is 73.2 Å². The highest BCUT2D eigenvalue weighted by Gasteiger charge is 2.25. The highest BCUT2D eigenvalue weighted by Crippen LogP contribution is 2.13. The minimum atomic E-state index is -0.869. The van der Waals surface area contributed by atoms with Gasteiger partial charge in [0.1, 0.15) is 11.9 Å². The van der Waals surface area contributed by atoms with Crippen molar-refractivity contribution in [2.75, 3.05) is 7.11 Å².